The van der Waals surface area contributed by atoms with Crippen LogP contribution in [0.1, 0.15) is 108 Å². The Bertz CT molecular complexity index is 1030. The number of para-hydroxylation sites is 2. The van der Waals surface area contributed by atoms with Crippen molar-refractivity contribution in [1.29, 1.82) is 0 Å². The predicted molar refractivity (Wildman–Crippen MR) is 173 cm³/mol. The average molecular weight is 583 g/mol. The minimum atomic E-state index is -0.0378. The third kappa shape index (κ3) is 8.95. The van der Waals surface area contributed by atoms with E-state index in [0.29, 0.717) is 5.92 Å². The number of carbonyl (C=O) groups excluding carboxylic acids is 1. The van der Waals surface area contributed by atoms with Crippen LogP contribution in [0.3, 0.4) is 0 Å². The lowest BCUT2D eigenvalue weighted by Gasteiger charge is -2.45. The van der Waals surface area contributed by atoms with Crippen molar-refractivity contribution in [3.63, 3.8) is 0 Å². The molecule has 0 N–H and O–H groups in total. The Hall–Kier alpha value is -1.59. The number of hydrogen-bond donors (Lipinski definition) is 0. The van der Waals surface area contributed by atoms with E-state index in [-0.39, 0.29) is 16.2 Å². The van der Waals surface area contributed by atoms with Crippen molar-refractivity contribution in [1.82, 2.24) is 0 Å². The molecule has 0 radical (unpaired) electrons. The first-order valence-electron chi connectivity index (χ1n) is 16.0. The standard InChI is InChI=1S/C19H28OS2.C16H22O2/c1-2-3-4-5-6-11-17-15-16-10-7-8-12-18(16)20-19(17)21-13-9-14-22-19;1-2-3-4-5-6-10-14-12-13-9-7-8-11-15(13)18-16(14)17/h7-8,10,12,17H,2-6,9,11,13-15H2,1H3;7-9,11,14H,2-6,10,12H2,1H3. The molecule has 2 unspecified atom stereocenters. The number of benzene rings is 2. The van der Waals surface area contributed by atoms with Crippen molar-refractivity contribution in [2.75, 3.05) is 11.5 Å². The van der Waals surface area contributed by atoms with E-state index in [4.69, 9.17) is 9.47 Å². The molecule has 3 heterocycles. The minimum absolute atomic E-state index is 0.00262. The number of hydrogen-bond acceptors (Lipinski definition) is 5. The van der Waals surface area contributed by atoms with Gasteiger partial charge in [0.25, 0.3) is 0 Å². The molecule has 5 heteroatoms. The topological polar surface area (TPSA) is 35.5 Å². The molecule has 2 aromatic carbocycles. The van der Waals surface area contributed by atoms with Gasteiger partial charge in [-0.2, -0.15) is 0 Å². The third-order valence-electron chi connectivity index (χ3n) is 8.38. The zero-order valence-corrected chi connectivity index (χ0v) is 26.5. The fourth-order valence-electron chi connectivity index (χ4n) is 6.02. The van der Waals surface area contributed by atoms with E-state index in [0.717, 1.165) is 30.8 Å². The van der Waals surface area contributed by atoms with Gasteiger partial charge in [0.15, 0.2) is 0 Å². The van der Waals surface area contributed by atoms with Crippen LogP contribution in [0.4, 0.5) is 0 Å². The summed E-state index contributed by atoms with van der Waals surface area (Å²) in [6.45, 7) is 4.51. The molecule has 40 heavy (non-hydrogen) atoms. The van der Waals surface area contributed by atoms with Gasteiger partial charge in [-0.1, -0.05) is 114 Å². The van der Waals surface area contributed by atoms with E-state index < -0.39 is 0 Å². The Morgan fingerprint density at radius 1 is 0.725 bits per heavy atom. The number of carbonyl (C=O) groups is 1. The fraction of sp³-hybridized carbons (Fsp3) is 0.629. The van der Waals surface area contributed by atoms with Gasteiger partial charge in [0.1, 0.15) is 11.5 Å². The van der Waals surface area contributed by atoms with Crippen LogP contribution < -0.4 is 9.47 Å². The molecule has 3 nitrogen and oxygen atoms in total. The van der Waals surface area contributed by atoms with Crippen molar-refractivity contribution >= 4 is 29.5 Å². The highest BCUT2D eigenvalue weighted by Gasteiger charge is 2.46. The Kier molecular flexibility index (Phi) is 13.1. The molecule has 0 aromatic heterocycles. The molecule has 2 aromatic rings. The second-order valence-electron chi connectivity index (χ2n) is 11.6. The summed E-state index contributed by atoms with van der Waals surface area (Å²) in [5.74, 6) is 5.09. The van der Waals surface area contributed by atoms with E-state index in [1.165, 1.54) is 99.7 Å². The van der Waals surface area contributed by atoms with Crippen LogP contribution in [-0.4, -0.2) is 21.7 Å². The number of esters is 1. The van der Waals surface area contributed by atoms with Gasteiger partial charge in [-0.05, 0) is 66.9 Å². The van der Waals surface area contributed by atoms with Crippen LogP contribution in [0.2, 0.25) is 0 Å². The molecule has 2 atom stereocenters. The monoisotopic (exact) mass is 582 g/mol. The summed E-state index contributed by atoms with van der Waals surface area (Å²) in [5, 5.41) is 0. The first-order chi connectivity index (χ1) is 19.6. The zero-order chi connectivity index (χ0) is 28.0. The molecule has 0 amide bonds. The maximum absolute atomic E-state index is 11.9. The van der Waals surface area contributed by atoms with Gasteiger partial charge in [-0.3, -0.25) is 4.79 Å². The summed E-state index contributed by atoms with van der Waals surface area (Å²) in [6, 6.07) is 16.5. The molecule has 1 saturated heterocycles. The molecule has 220 valence electrons. The van der Waals surface area contributed by atoms with E-state index in [1.54, 1.807) is 0 Å². The van der Waals surface area contributed by atoms with E-state index in [9.17, 15) is 4.79 Å². The summed E-state index contributed by atoms with van der Waals surface area (Å²) < 4.78 is 12.0. The number of unbranched alkanes of at least 4 members (excludes halogenated alkanes) is 8. The van der Waals surface area contributed by atoms with Crippen LogP contribution in [0, 0.1) is 11.8 Å². The summed E-state index contributed by atoms with van der Waals surface area (Å²) in [5.41, 5.74) is 2.59. The second kappa shape index (κ2) is 16.8. The van der Waals surface area contributed by atoms with Gasteiger partial charge in [0.05, 0.1) is 5.92 Å². The molecule has 1 spiro atoms. The number of ether oxygens (including phenoxy) is 2. The van der Waals surface area contributed by atoms with Crippen LogP contribution in [0.5, 0.6) is 11.5 Å². The van der Waals surface area contributed by atoms with E-state index >= 15 is 0 Å². The van der Waals surface area contributed by atoms with E-state index in [2.05, 4.69) is 67.7 Å². The van der Waals surface area contributed by atoms with Gasteiger partial charge in [0.2, 0.25) is 4.27 Å². The number of rotatable bonds is 12. The lowest BCUT2D eigenvalue weighted by molar-refractivity contribution is -0.140. The summed E-state index contributed by atoms with van der Waals surface area (Å²) in [4.78, 5) is 11.9. The maximum atomic E-state index is 11.9. The van der Waals surface area contributed by atoms with Gasteiger partial charge in [0, 0.05) is 5.92 Å². The van der Waals surface area contributed by atoms with Crippen LogP contribution in [-0.2, 0) is 17.6 Å². The number of thioether (sulfide) groups is 2. The van der Waals surface area contributed by atoms with Crippen LogP contribution in [0.25, 0.3) is 0 Å². The van der Waals surface area contributed by atoms with Crippen molar-refractivity contribution in [2.45, 2.75) is 114 Å². The lowest BCUT2D eigenvalue weighted by Crippen LogP contribution is -2.44. The minimum Gasteiger partial charge on any atom is -0.467 e. The average Bonchev–Trinajstić information content (AvgIpc) is 2.98. The highest BCUT2D eigenvalue weighted by molar-refractivity contribution is 8.18. The quantitative estimate of drug-likeness (QED) is 0.141. The maximum Gasteiger partial charge on any atom is 0.314 e. The molecule has 1 fully saturated rings. The van der Waals surface area contributed by atoms with Gasteiger partial charge >= 0.3 is 5.97 Å². The number of fused-ring (bicyclic) bond motifs is 2. The normalized spacial score (nSPS) is 20.9. The third-order valence-corrected chi connectivity index (χ3v) is 11.7. The smallest absolute Gasteiger partial charge is 0.314 e. The van der Waals surface area contributed by atoms with Gasteiger partial charge < -0.3 is 9.47 Å². The molecule has 0 aliphatic carbocycles. The highest BCUT2D eigenvalue weighted by Crippen LogP contribution is 2.54. The Morgan fingerprint density at radius 2 is 1.30 bits per heavy atom. The van der Waals surface area contributed by atoms with Crippen LogP contribution in [0.15, 0.2) is 48.5 Å². The first-order valence-corrected chi connectivity index (χ1v) is 18.0. The molecule has 0 bridgehead atoms. The highest BCUT2D eigenvalue weighted by atomic mass is 32.2. The van der Waals surface area contributed by atoms with Gasteiger partial charge in [-0.15, -0.1) is 23.5 Å². The van der Waals surface area contributed by atoms with Crippen molar-refractivity contribution in [3.05, 3.63) is 59.7 Å². The lowest BCUT2D eigenvalue weighted by atomic mass is 9.91. The van der Waals surface area contributed by atoms with E-state index in [1.807, 2.05) is 18.2 Å². The molecular weight excluding hydrogens is 533 g/mol. The largest absolute Gasteiger partial charge is 0.467 e. The summed E-state index contributed by atoms with van der Waals surface area (Å²) >= 11 is 4.13. The second-order valence-corrected chi connectivity index (χ2v) is 14.5. The SMILES string of the molecule is CCCCCCCC1Cc2ccccc2OC12SCCCS2.CCCCCCCC1Cc2ccccc2OC1=O. The molecule has 5 rings (SSSR count). The molecule has 3 aliphatic heterocycles. The predicted octanol–water partition coefficient (Wildman–Crippen LogP) is 10.2. The summed E-state index contributed by atoms with van der Waals surface area (Å²) in [6.07, 6.45) is 18.7. The van der Waals surface area contributed by atoms with Gasteiger partial charge in [-0.25, -0.2) is 0 Å². The fourth-order valence-corrected chi connectivity index (χ4v) is 9.36. The van der Waals surface area contributed by atoms with Crippen molar-refractivity contribution < 1.29 is 14.3 Å². The van der Waals surface area contributed by atoms with Crippen LogP contribution >= 0.6 is 23.5 Å². The Balaban J connectivity index is 0.000000189. The summed E-state index contributed by atoms with van der Waals surface area (Å²) in [7, 11) is 0. The zero-order valence-electron chi connectivity index (χ0n) is 24.8. The molecule has 0 saturated carbocycles. The first kappa shape index (κ1) is 31.3. The van der Waals surface area contributed by atoms with Crippen molar-refractivity contribution in [2.24, 2.45) is 11.8 Å². The molecular formula is C35H50O3S2. The Morgan fingerprint density at radius 3 is 1.98 bits per heavy atom. The Labute approximate surface area is 252 Å². The van der Waals surface area contributed by atoms with Crippen molar-refractivity contribution in [3.8, 4) is 11.5 Å². The molecule has 3 aliphatic rings.